The van der Waals surface area contributed by atoms with Crippen LogP contribution in [0.15, 0.2) is 48.8 Å². The molecule has 1 N–H and O–H groups in total. The maximum atomic E-state index is 3.45. The highest BCUT2D eigenvalue weighted by Gasteiger charge is 2.04. The number of fused-ring (bicyclic) bond motifs is 1. The van der Waals surface area contributed by atoms with Gasteiger partial charge in [-0.1, -0.05) is 11.6 Å². The van der Waals surface area contributed by atoms with E-state index in [1.54, 1.807) is 0 Å². The highest BCUT2D eigenvalue weighted by atomic mass is 127. The highest BCUT2D eigenvalue weighted by molar-refractivity contribution is 5.86. The molecule has 2 nitrogen and oxygen atoms in total. The Morgan fingerprint density at radius 1 is 1.00 bits per heavy atom. The van der Waals surface area contributed by atoms with Crippen molar-refractivity contribution in [1.82, 2.24) is 4.98 Å². The molecule has 0 atom stereocenters. The number of nitrogens with one attached hydrogen (secondary N) is 1. The average molecular weight is 350 g/mol. The van der Waals surface area contributed by atoms with Crippen LogP contribution >= 0.6 is 0 Å². The van der Waals surface area contributed by atoms with Gasteiger partial charge in [-0.25, -0.2) is 4.57 Å². The van der Waals surface area contributed by atoms with E-state index in [-0.39, 0.29) is 24.0 Å². The maximum absolute atomic E-state index is 3.45. The van der Waals surface area contributed by atoms with Gasteiger partial charge in [0.1, 0.15) is 7.05 Å². The fourth-order valence-corrected chi connectivity index (χ4v) is 2.09. The lowest BCUT2D eigenvalue weighted by Crippen LogP contribution is -3.00. The summed E-state index contributed by atoms with van der Waals surface area (Å²) in [5.41, 5.74) is 4.88. The Balaban J connectivity index is 0.00000120. The van der Waals surface area contributed by atoms with Crippen LogP contribution in [0.4, 0.5) is 0 Å². The highest BCUT2D eigenvalue weighted by Crippen LogP contribution is 2.23. The van der Waals surface area contributed by atoms with E-state index in [0.717, 1.165) is 0 Å². The van der Waals surface area contributed by atoms with Crippen molar-refractivity contribution in [3.63, 3.8) is 0 Å². The summed E-state index contributed by atoms with van der Waals surface area (Å²) in [5.74, 6) is 0. The lowest BCUT2D eigenvalue weighted by atomic mass is 10.1. The van der Waals surface area contributed by atoms with Gasteiger partial charge in [0, 0.05) is 34.3 Å². The standard InChI is InChI=1S/C15H14N2.HI/c1-11-3-4-14-13(9-11)10-15(16-14)12-5-7-17(2)8-6-12;/h3-10H,1-2H3;1H. The Hall–Kier alpha value is -1.36. The van der Waals surface area contributed by atoms with Gasteiger partial charge in [0.25, 0.3) is 0 Å². The van der Waals surface area contributed by atoms with Gasteiger partial charge < -0.3 is 29.0 Å². The molecule has 3 aromatic rings. The van der Waals surface area contributed by atoms with E-state index >= 15 is 0 Å². The lowest BCUT2D eigenvalue weighted by molar-refractivity contribution is -0.671. The second kappa shape index (κ2) is 5.10. The molecule has 0 aliphatic carbocycles. The molecule has 0 saturated heterocycles. The van der Waals surface area contributed by atoms with E-state index < -0.39 is 0 Å². The lowest BCUT2D eigenvalue weighted by Gasteiger charge is -1.94. The van der Waals surface area contributed by atoms with Crippen molar-refractivity contribution in [3.05, 3.63) is 54.4 Å². The van der Waals surface area contributed by atoms with Crippen molar-refractivity contribution in [3.8, 4) is 11.3 Å². The van der Waals surface area contributed by atoms with Gasteiger partial charge in [-0.2, -0.15) is 0 Å². The largest absolute Gasteiger partial charge is 1.00 e. The van der Waals surface area contributed by atoms with Crippen LogP contribution in [-0.2, 0) is 7.05 Å². The Morgan fingerprint density at radius 2 is 1.72 bits per heavy atom. The summed E-state index contributed by atoms with van der Waals surface area (Å²) in [6.45, 7) is 2.12. The van der Waals surface area contributed by atoms with E-state index in [1.165, 1.54) is 27.7 Å². The first kappa shape index (κ1) is 13.1. The molecule has 0 aliphatic heterocycles. The molecule has 0 radical (unpaired) electrons. The van der Waals surface area contributed by atoms with Gasteiger partial charge in [-0.3, -0.25) is 0 Å². The zero-order valence-electron chi connectivity index (χ0n) is 10.4. The minimum atomic E-state index is 0. The summed E-state index contributed by atoms with van der Waals surface area (Å²) in [4.78, 5) is 3.45. The van der Waals surface area contributed by atoms with Gasteiger partial charge in [-0.05, 0) is 25.1 Å². The Labute approximate surface area is 124 Å². The van der Waals surface area contributed by atoms with Gasteiger partial charge in [0.05, 0.1) is 0 Å². The molecule has 2 heterocycles. The third-order valence-corrected chi connectivity index (χ3v) is 3.07. The number of aromatic nitrogens is 2. The number of benzene rings is 1. The monoisotopic (exact) mass is 350 g/mol. The fourth-order valence-electron chi connectivity index (χ4n) is 2.09. The van der Waals surface area contributed by atoms with Crippen molar-refractivity contribution in [1.29, 1.82) is 0 Å². The molecule has 92 valence electrons. The van der Waals surface area contributed by atoms with Crippen LogP contribution in [0.2, 0.25) is 0 Å². The van der Waals surface area contributed by atoms with E-state index in [4.69, 9.17) is 0 Å². The predicted octanol–water partition coefficient (Wildman–Crippen LogP) is -0.0282. The number of hydrogen-bond donors (Lipinski definition) is 1. The Bertz CT molecular complexity index is 669. The molecular formula is C15H15IN2. The first-order valence-corrected chi connectivity index (χ1v) is 5.77. The van der Waals surface area contributed by atoms with Gasteiger partial charge in [0.2, 0.25) is 0 Å². The van der Waals surface area contributed by atoms with Gasteiger partial charge >= 0.3 is 0 Å². The number of halogens is 1. The van der Waals surface area contributed by atoms with Crippen LogP contribution in [-0.4, -0.2) is 4.98 Å². The molecule has 3 heteroatoms. The normalized spacial score (nSPS) is 10.3. The molecule has 0 amide bonds. The molecular weight excluding hydrogens is 335 g/mol. The molecule has 1 aromatic carbocycles. The zero-order chi connectivity index (χ0) is 11.8. The summed E-state index contributed by atoms with van der Waals surface area (Å²) in [7, 11) is 2.03. The number of nitrogens with zero attached hydrogens (tertiary/aromatic N) is 1. The molecule has 0 saturated carbocycles. The van der Waals surface area contributed by atoms with Crippen LogP contribution in [0, 0.1) is 6.92 Å². The van der Waals surface area contributed by atoms with Crippen molar-refractivity contribution >= 4 is 10.9 Å². The van der Waals surface area contributed by atoms with Crippen molar-refractivity contribution < 1.29 is 28.5 Å². The van der Waals surface area contributed by atoms with Gasteiger partial charge in [0.15, 0.2) is 12.4 Å². The number of pyridine rings is 1. The Kier molecular flexibility index (Phi) is 3.71. The summed E-state index contributed by atoms with van der Waals surface area (Å²) in [5, 5.41) is 1.27. The van der Waals surface area contributed by atoms with E-state index in [9.17, 15) is 0 Å². The van der Waals surface area contributed by atoms with Crippen LogP contribution in [0.25, 0.3) is 22.2 Å². The number of aryl methyl sites for hydroxylation is 2. The zero-order valence-corrected chi connectivity index (χ0v) is 12.6. The van der Waals surface area contributed by atoms with Crippen molar-refractivity contribution in [2.75, 3.05) is 0 Å². The summed E-state index contributed by atoms with van der Waals surface area (Å²) in [6, 6.07) is 12.9. The van der Waals surface area contributed by atoms with Crippen molar-refractivity contribution in [2.45, 2.75) is 6.92 Å². The van der Waals surface area contributed by atoms with Crippen LogP contribution in [0.5, 0.6) is 0 Å². The molecule has 0 spiro atoms. The molecule has 0 aliphatic rings. The van der Waals surface area contributed by atoms with Crippen LogP contribution in [0.3, 0.4) is 0 Å². The molecule has 0 bridgehead atoms. The first-order valence-electron chi connectivity index (χ1n) is 5.77. The topological polar surface area (TPSA) is 19.7 Å². The van der Waals surface area contributed by atoms with E-state index in [2.05, 4.69) is 60.7 Å². The third-order valence-electron chi connectivity index (χ3n) is 3.07. The number of rotatable bonds is 1. The van der Waals surface area contributed by atoms with Gasteiger partial charge in [-0.15, -0.1) is 0 Å². The summed E-state index contributed by atoms with van der Waals surface area (Å²) < 4.78 is 2.04. The molecule has 18 heavy (non-hydrogen) atoms. The van der Waals surface area contributed by atoms with Crippen LogP contribution < -0.4 is 28.5 Å². The number of hydrogen-bond acceptors (Lipinski definition) is 0. The molecule has 0 unspecified atom stereocenters. The number of H-pyrrole nitrogens is 1. The minimum Gasteiger partial charge on any atom is -1.00 e. The minimum absolute atomic E-state index is 0. The van der Waals surface area contributed by atoms with E-state index in [0.29, 0.717) is 0 Å². The second-order valence-corrected chi connectivity index (χ2v) is 4.53. The number of aromatic amines is 1. The molecule has 3 rings (SSSR count). The predicted molar refractivity (Wildman–Crippen MR) is 69.6 cm³/mol. The maximum Gasteiger partial charge on any atom is 0.169 e. The fraction of sp³-hybridized carbons (Fsp3) is 0.133. The average Bonchev–Trinajstić information content (AvgIpc) is 2.72. The van der Waals surface area contributed by atoms with E-state index in [1.807, 2.05) is 11.6 Å². The summed E-state index contributed by atoms with van der Waals surface area (Å²) in [6.07, 6.45) is 4.12. The van der Waals surface area contributed by atoms with Crippen molar-refractivity contribution in [2.24, 2.45) is 7.05 Å². The molecule has 2 aromatic heterocycles. The quantitative estimate of drug-likeness (QED) is 0.470. The molecule has 0 fully saturated rings. The third kappa shape index (κ3) is 2.41. The van der Waals surface area contributed by atoms with Crippen LogP contribution in [0.1, 0.15) is 5.56 Å². The first-order chi connectivity index (χ1) is 8.22. The second-order valence-electron chi connectivity index (χ2n) is 4.53. The SMILES string of the molecule is Cc1ccc2[nH]c(-c3cc[n+](C)cc3)cc2c1.[I-]. The smallest absolute Gasteiger partial charge is 0.169 e. The Morgan fingerprint density at radius 3 is 2.44 bits per heavy atom. The summed E-state index contributed by atoms with van der Waals surface area (Å²) >= 11 is 0.